The molecule has 2 aromatic rings. The normalized spacial score (nSPS) is 11.7. The van der Waals surface area contributed by atoms with Crippen LogP contribution < -0.4 is 5.73 Å². The van der Waals surface area contributed by atoms with E-state index in [1.807, 2.05) is 37.8 Å². The van der Waals surface area contributed by atoms with Gasteiger partial charge in [-0.25, -0.2) is 5.26 Å². The quantitative estimate of drug-likeness (QED) is 0.811. The number of nitrogens with two attached hydrogens (primary N) is 1. The summed E-state index contributed by atoms with van der Waals surface area (Å²) in [6.07, 6.45) is 4.97. The van der Waals surface area contributed by atoms with E-state index < -0.39 is 14.1 Å². The van der Waals surface area contributed by atoms with Gasteiger partial charge < -0.3 is 5.73 Å². The molecule has 2 heterocycles. The molecule has 0 aromatic carbocycles. The Morgan fingerprint density at radius 2 is 1.90 bits per heavy atom. The van der Waals surface area contributed by atoms with Gasteiger partial charge in [-0.15, -0.1) is 0 Å². The van der Waals surface area contributed by atoms with Crippen LogP contribution in [0.2, 0.25) is 19.6 Å². The Morgan fingerprint density at radius 1 is 1.25 bits per heavy atom. The Balaban J connectivity index is 0.000000286. The number of fused-ring (bicyclic) bond motifs is 1. The second-order valence-corrected chi connectivity index (χ2v) is 10.00. The minimum absolute atomic E-state index is 0.666. The monoisotopic (exact) mass is 283 g/mol. The first-order chi connectivity index (χ1) is 9.39. The van der Waals surface area contributed by atoms with Gasteiger partial charge in [0.05, 0.1) is 11.6 Å². The fraction of sp³-hybridized carbons (Fsp3) is 0.286. The summed E-state index contributed by atoms with van der Waals surface area (Å²) in [6, 6.07) is 5.02. The molecule has 0 bridgehead atoms. The summed E-state index contributed by atoms with van der Waals surface area (Å²) in [7, 11) is -1.33. The molecule has 1 atom stereocenters. The van der Waals surface area contributed by atoms with Crippen LogP contribution in [0.25, 0.3) is 10.9 Å². The molecule has 1 unspecified atom stereocenters. The van der Waals surface area contributed by atoms with Gasteiger partial charge >= 0.3 is 0 Å². The Kier molecular flexibility index (Phi) is 5.33. The number of hydrogen-bond donors (Lipinski definition) is 1. The Hall–Kier alpha value is -2.28. The standard InChI is InChI=1S/C10H8N4.C4H9NSi/c11-4-9(12)8-6-13-5-7-2-1-3-14-10(7)8;1-6(2,3)4-5/h1-3,5-6,9H,12H2;1-3H3. The molecule has 0 saturated heterocycles. The molecule has 0 fully saturated rings. The van der Waals surface area contributed by atoms with Crippen molar-refractivity contribution in [2.24, 2.45) is 5.73 Å². The molecule has 2 rings (SSSR count). The van der Waals surface area contributed by atoms with E-state index in [1.54, 1.807) is 18.6 Å². The molecule has 0 radical (unpaired) electrons. The van der Waals surface area contributed by atoms with E-state index in [0.717, 1.165) is 10.9 Å². The molecule has 0 saturated carbocycles. The minimum Gasteiger partial charge on any atom is -0.312 e. The number of nitrogens with zero attached hydrogens (tertiary/aromatic N) is 4. The van der Waals surface area contributed by atoms with Gasteiger partial charge in [0.25, 0.3) is 0 Å². The minimum atomic E-state index is -1.33. The highest BCUT2D eigenvalue weighted by molar-refractivity contribution is 6.83. The highest BCUT2D eigenvalue weighted by Crippen LogP contribution is 2.18. The fourth-order valence-electron chi connectivity index (χ4n) is 1.32. The zero-order chi connectivity index (χ0) is 15.2. The van der Waals surface area contributed by atoms with Crippen LogP contribution in [0.4, 0.5) is 0 Å². The fourth-order valence-corrected chi connectivity index (χ4v) is 1.32. The highest BCUT2D eigenvalue weighted by atomic mass is 28.3. The number of aromatic nitrogens is 2. The lowest BCUT2D eigenvalue weighted by atomic mass is 10.1. The Morgan fingerprint density at radius 3 is 2.45 bits per heavy atom. The molecule has 0 aliphatic heterocycles. The summed E-state index contributed by atoms with van der Waals surface area (Å²) in [5.74, 6) is 0. The second-order valence-electron chi connectivity index (χ2n) is 5.27. The van der Waals surface area contributed by atoms with Gasteiger partial charge in [-0.1, -0.05) is 19.6 Å². The van der Waals surface area contributed by atoms with Crippen LogP contribution >= 0.6 is 0 Å². The van der Waals surface area contributed by atoms with Crippen LogP contribution in [0.3, 0.4) is 0 Å². The van der Waals surface area contributed by atoms with E-state index in [9.17, 15) is 0 Å². The molecule has 6 heteroatoms. The average Bonchev–Trinajstić information content (AvgIpc) is 2.45. The van der Waals surface area contributed by atoms with Crippen molar-refractivity contribution in [3.63, 3.8) is 0 Å². The van der Waals surface area contributed by atoms with E-state index in [4.69, 9.17) is 16.3 Å². The van der Waals surface area contributed by atoms with E-state index in [0.29, 0.717) is 5.56 Å². The van der Waals surface area contributed by atoms with Gasteiger partial charge in [0.2, 0.25) is 0 Å². The van der Waals surface area contributed by atoms with Gasteiger partial charge in [-0.3, -0.25) is 9.97 Å². The zero-order valence-electron chi connectivity index (χ0n) is 11.8. The van der Waals surface area contributed by atoms with Crippen LogP contribution in [0.5, 0.6) is 0 Å². The predicted octanol–water partition coefficient (Wildman–Crippen LogP) is 2.54. The summed E-state index contributed by atoms with van der Waals surface area (Å²) in [6.45, 7) is 6.06. The topological polar surface area (TPSA) is 99.4 Å². The zero-order valence-corrected chi connectivity index (χ0v) is 12.8. The first-order valence-electron chi connectivity index (χ1n) is 6.14. The van der Waals surface area contributed by atoms with Gasteiger partial charge in [0.15, 0.2) is 8.07 Å². The number of rotatable bonds is 1. The van der Waals surface area contributed by atoms with Crippen LogP contribution in [0.1, 0.15) is 11.6 Å². The van der Waals surface area contributed by atoms with Crippen molar-refractivity contribution in [1.29, 1.82) is 10.5 Å². The lowest BCUT2D eigenvalue weighted by molar-refractivity contribution is 0.923. The maximum absolute atomic E-state index is 8.72. The van der Waals surface area contributed by atoms with Crippen molar-refractivity contribution >= 4 is 19.0 Å². The first-order valence-corrected chi connectivity index (χ1v) is 9.64. The molecule has 102 valence electrons. The molecule has 2 aromatic heterocycles. The van der Waals surface area contributed by atoms with Crippen molar-refractivity contribution in [2.45, 2.75) is 25.7 Å². The predicted molar refractivity (Wildman–Crippen MR) is 81.0 cm³/mol. The van der Waals surface area contributed by atoms with Crippen LogP contribution in [-0.4, -0.2) is 18.0 Å². The third-order valence-corrected chi connectivity index (χ3v) is 3.02. The third-order valence-electron chi connectivity index (χ3n) is 2.35. The van der Waals surface area contributed by atoms with Crippen molar-refractivity contribution in [2.75, 3.05) is 0 Å². The summed E-state index contributed by atoms with van der Waals surface area (Å²) in [5.41, 5.74) is 9.28. The van der Waals surface area contributed by atoms with E-state index in [2.05, 4.69) is 15.7 Å². The summed E-state index contributed by atoms with van der Waals surface area (Å²) < 4.78 is 0. The largest absolute Gasteiger partial charge is 0.312 e. The van der Waals surface area contributed by atoms with E-state index in [1.165, 1.54) is 0 Å². The summed E-state index contributed by atoms with van der Waals surface area (Å²) in [4.78, 5) is 8.19. The second kappa shape index (κ2) is 6.76. The van der Waals surface area contributed by atoms with Crippen molar-refractivity contribution in [1.82, 2.24) is 9.97 Å². The van der Waals surface area contributed by atoms with Crippen molar-refractivity contribution < 1.29 is 0 Å². The van der Waals surface area contributed by atoms with Gasteiger partial charge in [0.1, 0.15) is 6.04 Å². The molecule has 0 spiro atoms. The number of hydrogen-bond acceptors (Lipinski definition) is 5. The molecular formula is C14H17N5Si. The molecule has 0 aliphatic rings. The van der Waals surface area contributed by atoms with Crippen molar-refractivity contribution in [3.05, 3.63) is 36.3 Å². The van der Waals surface area contributed by atoms with E-state index in [-0.39, 0.29) is 0 Å². The highest BCUT2D eigenvalue weighted by Gasteiger charge is 2.10. The van der Waals surface area contributed by atoms with Crippen LogP contribution in [0.15, 0.2) is 30.7 Å². The number of pyridine rings is 2. The molecule has 2 N–H and O–H groups in total. The summed E-state index contributed by atoms with van der Waals surface area (Å²) in [5, 5.41) is 17.8. The van der Waals surface area contributed by atoms with Crippen molar-refractivity contribution in [3.8, 4) is 11.8 Å². The van der Waals surface area contributed by atoms with Crippen LogP contribution in [-0.2, 0) is 0 Å². The summed E-state index contributed by atoms with van der Waals surface area (Å²) >= 11 is 0. The van der Waals surface area contributed by atoms with E-state index >= 15 is 0 Å². The molecular weight excluding hydrogens is 266 g/mol. The maximum Gasteiger partial charge on any atom is 0.164 e. The van der Waals surface area contributed by atoms with Gasteiger partial charge in [-0.05, 0) is 12.1 Å². The third kappa shape index (κ3) is 4.43. The van der Waals surface area contributed by atoms with Gasteiger partial charge in [0, 0.05) is 35.2 Å². The smallest absolute Gasteiger partial charge is 0.164 e. The lowest BCUT2D eigenvalue weighted by Crippen LogP contribution is -2.15. The first kappa shape index (κ1) is 15.8. The molecule has 5 nitrogen and oxygen atoms in total. The number of nitriles is 2. The Bertz CT molecular complexity index is 658. The Labute approximate surface area is 119 Å². The average molecular weight is 283 g/mol. The molecule has 20 heavy (non-hydrogen) atoms. The van der Waals surface area contributed by atoms with Gasteiger partial charge in [-0.2, -0.15) is 5.26 Å². The SMILES string of the molecule is C[Si](C)(C)C#N.N#CC(N)c1cncc2cccnc12. The maximum atomic E-state index is 8.72. The molecule has 0 aliphatic carbocycles. The lowest BCUT2D eigenvalue weighted by Gasteiger charge is -2.05. The van der Waals surface area contributed by atoms with Crippen LogP contribution in [0, 0.1) is 22.3 Å². The molecule has 0 amide bonds.